The molecule has 0 saturated carbocycles. The molecule has 1 fully saturated rings. The van der Waals surface area contributed by atoms with Crippen LogP contribution in [0.2, 0.25) is 0 Å². The average Bonchev–Trinajstić information content (AvgIpc) is 2.46. The molecule has 1 saturated heterocycles. The predicted molar refractivity (Wildman–Crippen MR) is 80.4 cm³/mol. The first-order chi connectivity index (χ1) is 8.96. The number of hydrogen-bond acceptors (Lipinski definition) is 4. The van der Waals surface area contributed by atoms with Gasteiger partial charge in [0, 0.05) is 5.69 Å². The van der Waals surface area contributed by atoms with E-state index in [1.807, 2.05) is 27.7 Å². The van der Waals surface area contributed by atoms with Crippen molar-refractivity contribution in [3.05, 3.63) is 23.8 Å². The van der Waals surface area contributed by atoms with Crippen LogP contribution >= 0.6 is 0 Å². The second kappa shape index (κ2) is 4.46. The van der Waals surface area contributed by atoms with E-state index in [-0.39, 0.29) is 0 Å². The van der Waals surface area contributed by atoms with Crippen molar-refractivity contribution in [1.82, 2.24) is 0 Å². The van der Waals surface area contributed by atoms with Gasteiger partial charge in [-0.1, -0.05) is 0 Å². The minimum Gasteiger partial charge on any atom is -0.399 e. The molecule has 0 bridgehead atoms. The van der Waals surface area contributed by atoms with Crippen LogP contribution in [0.1, 0.15) is 39.7 Å². The number of ether oxygens (including phenoxy) is 1. The third kappa shape index (κ3) is 2.56. The summed E-state index contributed by atoms with van der Waals surface area (Å²) in [6.07, 6.45) is 0.492. The molecule has 1 aliphatic heterocycles. The summed E-state index contributed by atoms with van der Waals surface area (Å²) >= 11 is 0. The zero-order valence-corrected chi connectivity index (χ0v) is 13.5. The van der Waals surface area contributed by atoms with Gasteiger partial charge in [0.2, 0.25) is 0 Å². The van der Waals surface area contributed by atoms with Crippen LogP contribution in [0.25, 0.3) is 0 Å². The van der Waals surface area contributed by atoms with E-state index >= 15 is 0 Å². The molecule has 0 aliphatic carbocycles. The van der Waals surface area contributed by atoms with Crippen LogP contribution < -0.4 is 5.73 Å². The van der Waals surface area contributed by atoms with Gasteiger partial charge in [-0.05, 0) is 64.8 Å². The molecule has 0 spiro atoms. The molecule has 1 heterocycles. The molecule has 2 rings (SSSR count). The average molecular weight is 297 g/mol. The van der Waals surface area contributed by atoms with Crippen LogP contribution in [0.15, 0.2) is 23.1 Å². The van der Waals surface area contributed by atoms with Gasteiger partial charge >= 0.3 is 0 Å². The lowest BCUT2D eigenvalue weighted by Crippen LogP contribution is -2.38. The molecule has 1 aromatic carbocycles. The molecular formula is C15H23NO3S. The number of aryl methyl sites for hydroxylation is 1. The van der Waals surface area contributed by atoms with Gasteiger partial charge in [-0.25, -0.2) is 8.42 Å². The Morgan fingerprint density at radius 2 is 1.85 bits per heavy atom. The molecule has 4 nitrogen and oxygen atoms in total. The zero-order chi connectivity index (χ0) is 15.3. The number of benzene rings is 1. The van der Waals surface area contributed by atoms with Crippen LogP contribution in [0.5, 0.6) is 0 Å². The second-order valence-corrected chi connectivity index (χ2v) is 8.83. The molecule has 1 unspecified atom stereocenters. The molecule has 0 radical (unpaired) electrons. The Hall–Kier alpha value is -1.07. The molecule has 5 heteroatoms. The van der Waals surface area contributed by atoms with E-state index in [2.05, 4.69) is 0 Å². The number of hydrogen-bond donors (Lipinski definition) is 1. The Morgan fingerprint density at radius 1 is 1.25 bits per heavy atom. The summed E-state index contributed by atoms with van der Waals surface area (Å²) in [4.78, 5) is 0.353. The van der Waals surface area contributed by atoms with Crippen molar-refractivity contribution in [3.63, 3.8) is 0 Å². The van der Waals surface area contributed by atoms with Gasteiger partial charge in [-0.3, -0.25) is 0 Å². The van der Waals surface area contributed by atoms with Gasteiger partial charge in [0.1, 0.15) is 0 Å². The van der Waals surface area contributed by atoms with Crippen molar-refractivity contribution in [2.24, 2.45) is 0 Å². The van der Waals surface area contributed by atoms with E-state index in [0.717, 1.165) is 0 Å². The largest absolute Gasteiger partial charge is 0.399 e. The minimum atomic E-state index is -3.45. The van der Waals surface area contributed by atoms with E-state index in [1.165, 1.54) is 0 Å². The summed E-state index contributed by atoms with van der Waals surface area (Å²) in [7, 11) is -3.45. The lowest BCUT2D eigenvalue weighted by atomic mass is 10.0. The highest BCUT2D eigenvalue weighted by atomic mass is 32.2. The molecule has 0 amide bonds. The summed E-state index contributed by atoms with van der Waals surface area (Å²) in [5.41, 5.74) is 5.83. The summed E-state index contributed by atoms with van der Waals surface area (Å²) < 4.78 is 31.8. The lowest BCUT2D eigenvalue weighted by Gasteiger charge is -2.27. The molecule has 20 heavy (non-hydrogen) atoms. The fraction of sp³-hybridized carbons (Fsp3) is 0.600. The number of rotatable bonds is 2. The third-order valence-electron chi connectivity index (χ3n) is 3.87. The van der Waals surface area contributed by atoms with Gasteiger partial charge in [0.05, 0.1) is 21.3 Å². The number of nitrogens with two attached hydrogens (primary N) is 1. The molecule has 1 atom stereocenters. The van der Waals surface area contributed by atoms with Crippen LogP contribution in [-0.4, -0.2) is 24.9 Å². The van der Waals surface area contributed by atoms with Crippen molar-refractivity contribution >= 4 is 15.5 Å². The predicted octanol–water partition coefficient (Wildman–Crippen LogP) is 2.70. The van der Waals surface area contributed by atoms with E-state index in [0.29, 0.717) is 22.6 Å². The number of sulfone groups is 1. The smallest absolute Gasteiger partial charge is 0.184 e. The van der Waals surface area contributed by atoms with Crippen LogP contribution in [0, 0.1) is 6.92 Å². The van der Waals surface area contributed by atoms with E-state index in [4.69, 9.17) is 10.5 Å². The Balaban J connectivity index is 2.51. The van der Waals surface area contributed by atoms with Crippen LogP contribution in [-0.2, 0) is 14.6 Å². The zero-order valence-electron chi connectivity index (χ0n) is 12.7. The number of nitrogen functional groups attached to an aromatic ring is 1. The Labute approximate surface area is 121 Å². The SMILES string of the molecule is Cc1cc(N)ccc1S(=O)(=O)C1CC(C)(C)OC1(C)C. The van der Waals surface area contributed by atoms with Crippen molar-refractivity contribution in [2.75, 3.05) is 5.73 Å². The second-order valence-electron chi connectivity index (χ2n) is 6.73. The first-order valence-corrected chi connectivity index (χ1v) is 8.30. The number of anilines is 1. The first-order valence-electron chi connectivity index (χ1n) is 6.76. The lowest BCUT2D eigenvalue weighted by molar-refractivity contribution is -0.0635. The van der Waals surface area contributed by atoms with Crippen molar-refractivity contribution in [3.8, 4) is 0 Å². The molecular weight excluding hydrogens is 274 g/mol. The van der Waals surface area contributed by atoms with Gasteiger partial charge in [-0.15, -0.1) is 0 Å². The molecule has 0 aromatic heterocycles. The third-order valence-corrected chi connectivity index (χ3v) is 6.43. The minimum absolute atomic E-state index is 0.353. The highest BCUT2D eigenvalue weighted by Crippen LogP contribution is 2.43. The van der Waals surface area contributed by atoms with E-state index in [1.54, 1.807) is 25.1 Å². The van der Waals surface area contributed by atoms with E-state index < -0.39 is 26.3 Å². The molecule has 1 aliphatic rings. The Bertz CT molecular complexity index is 633. The van der Waals surface area contributed by atoms with Gasteiger partial charge in [0.25, 0.3) is 0 Å². The molecule has 1 aromatic rings. The fourth-order valence-corrected chi connectivity index (χ4v) is 5.63. The topological polar surface area (TPSA) is 69.4 Å². The Kier molecular flexibility index (Phi) is 3.42. The molecule has 112 valence electrons. The quantitative estimate of drug-likeness (QED) is 0.852. The van der Waals surface area contributed by atoms with E-state index in [9.17, 15) is 8.42 Å². The van der Waals surface area contributed by atoms with Crippen molar-refractivity contribution < 1.29 is 13.2 Å². The summed E-state index contributed by atoms with van der Waals surface area (Å²) in [6.45, 7) is 9.32. The van der Waals surface area contributed by atoms with Gasteiger partial charge in [0.15, 0.2) is 9.84 Å². The van der Waals surface area contributed by atoms with Gasteiger partial charge in [-0.2, -0.15) is 0 Å². The summed E-state index contributed by atoms with van der Waals surface area (Å²) in [5.74, 6) is 0. The fourth-order valence-electron chi connectivity index (χ4n) is 3.14. The van der Waals surface area contributed by atoms with Crippen LogP contribution in [0.4, 0.5) is 5.69 Å². The van der Waals surface area contributed by atoms with Crippen LogP contribution in [0.3, 0.4) is 0 Å². The highest BCUT2D eigenvalue weighted by molar-refractivity contribution is 7.92. The Morgan fingerprint density at radius 3 is 2.30 bits per heavy atom. The standard InChI is InChI=1S/C15H23NO3S/c1-10-8-11(16)6-7-12(10)20(17,18)13-9-14(2,3)19-15(13,4)5/h6-8,13H,9,16H2,1-5H3. The normalized spacial score (nSPS) is 24.8. The van der Waals surface area contributed by atoms with Gasteiger partial charge < -0.3 is 10.5 Å². The maximum atomic E-state index is 12.9. The molecule has 2 N–H and O–H groups in total. The van der Waals surface area contributed by atoms with Crippen molar-refractivity contribution in [2.45, 2.75) is 62.4 Å². The monoisotopic (exact) mass is 297 g/mol. The first kappa shape index (κ1) is 15.3. The van der Waals surface area contributed by atoms with Crippen molar-refractivity contribution in [1.29, 1.82) is 0 Å². The highest BCUT2D eigenvalue weighted by Gasteiger charge is 2.52. The summed E-state index contributed by atoms with van der Waals surface area (Å²) in [6, 6.07) is 4.93. The maximum absolute atomic E-state index is 12.9. The summed E-state index contributed by atoms with van der Waals surface area (Å²) in [5, 5.41) is -0.549. The maximum Gasteiger partial charge on any atom is 0.184 e.